The molecule has 0 aromatic rings. The van der Waals surface area contributed by atoms with Gasteiger partial charge in [-0.05, 0) is 63.2 Å². The van der Waals surface area contributed by atoms with Crippen LogP contribution in [0.4, 0.5) is 0 Å². The minimum absolute atomic E-state index is 0.776. The Morgan fingerprint density at radius 3 is 2.59 bits per heavy atom. The second kappa shape index (κ2) is 8.10. The normalized spacial score (nSPS) is 21.9. The molecule has 0 saturated carbocycles. The highest BCUT2D eigenvalue weighted by atomic mass is 15.1. The lowest BCUT2D eigenvalue weighted by Gasteiger charge is -2.17. The second-order valence-corrected chi connectivity index (χ2v) is 6.54. The molecule has 1 aliphatic rings. The fourth-order valence-corrected chi connectivity index (χ4v) is 2.58. The first kappa shape index (κ1) is 15.0. The SMILES string of the molecule is CC(C)CCCN1CCC(CNCC(C)C)C1. The van der Waals surface area contributed by atoms with Crippen molar-refractivity contribution in [2.75, 3.05) is 32.7 Å². The lowest BCUT2D eigenvalue weighted by Crippen LogP contribution is -2.29. The van der Waals surface area contributed by atoms with Crippen molar-refractivity contribution in [3.63, 3.8) is 0 Å². The molecule has 0 amide bonds. The third kappa shape index (κ3) is 7.05. The Bertz CT molecular complexity index is 169. The van der Waals surface area contributed by atoms with Gasteiger partial charge in [-0.2, -0.15) is 0 Å². The molecule has 1 N–H and O–H groups in total. The molecule has 2 heteroatoms. The van der Waals surface area contributed by atoms with Gasteiger partial charge in [-0.3, -0.25) is 0 Å². The molecule has 0 spiro atoms. The van der Waals surface area contributed by atoms with E-state index < -0.39 is 0 Å². The molecule has 1 unspecified atom stereocenters. The molecule has 1 rings (SSSR count). The standard InChI is InChI=1S/C15H32N2/c1-13(2)6-5-8-17-9-7-15(12-17)11-16-10-14(3)4/h13-16H,5-12H2,1-4H3. The Labute approximate surface area is 108 Å². The van der Waals surface area contributed by atoms with Gasteiger partial charge < -0.3 is 10.2 Å². The fourth-order valence-electron chi connectivity index (χ4n) is 2.58. The molecule has 1 aliphatic heterocycles. The molecule has 2 nitrogen and oxygen atoms in total. The highest BCUT2D eigenvalue weighted by Crippen LogP contribution is 2.16. The smallest absolute Gasteiger partial charge is 0.00223 e. The quantitative estimate of drug-likeness (QED) is 0.701. The van der Waals surface area contributed by atoms with Crippen LogP contribution in [0, 0.1) is 17.8 Å². The molecule has 1 saturated heterocycles. The first-order chi connectivity index (χ1) is 8.08. The summed E-state index contributed by atoms with van der Waals surface area (Å²) in [4.78, 5) is 2.66. The second-order valence-electron chi connectivity index (χ2n) is 6.54. The maximum Gasteiger partial charge on any atom is 0.00223 e. The lowest BCUT2D eigenvalue weighted by atomic mass is 10.1. The maximum absolute atomic E-state index is 3.59. The van der Waals surface area contributed by atoms with Gasteiger partial charge in [0.2, 0.25) is 0 Å². The van der Waals surface area contributed by atoms with E-state index in [-0.39, 0.29) is 0 Å². The van der Waals surface area contributed by atoms with E-state index >= 15 is 0 Å². The van der Waals surface area contributed by atoms with Crippen LogP contribution in [-0.2, 0) is 0 Å². The molecular weight excluding hydrogens is 208 g/mol. The van der Waals surface area contributed by atoms with Crippen LogP contribution in [0.2, 0.25) is 0 Å². The number of hydrogen-bond acceptors (Lipinski definition) is 2. The van der Waals surface area contributed by atoms with E-state index in [0.717, 1.165) is 17.8 Å². The summed E-state index contributed by atoms with van der Waals surface area (Å²) >= 11 is 0. The summed E-state index contributed by atoms with van der Waals surface area (Å²) in [5.74, 6) is 2.53. The molecular formula is C15H32N2. The number of likely N-dealkylation sites (tertiary alicyclic amines) is 1. The number of rotatable bonds is 8. The Morgan fingerprint density at radius 1 is 1.18 bits per heavy atom. The molecule has 0 aromatic heterocycles. The van der Waals surface area contributed by atoms with Crippen LogP contribution in [0.15, 0.2) is 0 Å². The average molecular weight is 240 g/mol. The fraction of sp³-hybridized carbons (Fsp3) is 1.00. The van der Waals surface area contributed by atoms with E-state index in [1.165, 1.54) is 52.0 Å². The molecule has 0 aromatic carbocycles. The van der Waals surface area contributed by atoms with Crippen molar-refractivity contribution in [1.29, 1.82) is 0 Å². The van der Waals surface area contributed by atoms with Gasteiger partial charge in [-0.1, -0.05) is 27.7 Å². The van der Waals surface area contributed by atoms with Crippen molar-refractivity contribution >= 4 is 0 Å². The van der Waals surface area contributed by atoms with Crippen LogP contribution in [0.25, 0.3) is 0 Å². The Kier molecular flexibility index (Phi) is 7.14. The third-order valence-corrected chi connectivity index (χ3v) is 3.61. The summed E-state index contributed by atoms with van der Waals surface area (Å²) in [6, 6.07) is 0. The number of hydrogen-bond donors (Lipinski definition) is 1. The van der Waals surface area contributed by atoms with E-state index in [1.54, 1.807) is 0 Å². The molecule has 0 radical (unpaired) electrons. The van der Waals surface area contributed by atoms with Gasteiger partial charge in [-0.15, -0.1) is 0 Å². The maximum atomic E-state index is 3.59. The van der Waals surface area contributed by atoms with E-state index in [2.05, 4.69) is 37.9 Å². The molecule has 17 heavy (non-hydrogen) atoms. The van der Waals surface area contributed by atoms with Crippen molar-refractivity contribution in [2.45, 2.75) is 47.0 Å². The summed E-state index contributed by atoms with van der Waals surface area (Å²) in [5.41, 5.74) is 0. The van der Waals surface area contributed by atoms with Crippen LogP contribution in [-0.4, -0.2) is 37.6 Å². The first-order valence-electron chi connectivity index (χ1n) is 7.51. The van der Waals surface area contributed by atoms with Crippen LogP contribution >= 0.6 is 0 Å². The minimum atomic E-state index is 0.776. The van der Waals surface area contributed by atoms with Crippen molar-refractivity contribution in [3.8, 4) is 0 Å². The van der Waals surface area contributed by atoms with Crippen molar-refractivity contribution in [1.82, 2.24) is 10.2 Å². The van der Waals surface area contributed by atoms with Gasteiger partial charge in [0.1, 0.15) is 0 Å². The van der Waals surface area contributed by atoms with Gasteiger partial charge in [-0.25, -0.2) is 0 Å². The molecule has 102 valence electrons. The summed E-state index contributed by atoms with van der Waals surface area (Å²) in [7, 11) is 0. The predicted octanol–water partition coefficient (Wildman–Crippen LogP) is 2.99. The van der Waals surface area contributed by atoms with Crippen LogP contribution in [0.3, 0.4) is 0 Å². The summed E-state index contributed by atoms with van der Waals surface area (Å²) in [5, 5.41) is 3.59. The average Bonchev–Trinajstić information content (AvgIpc) is 2.65. The highest BCUT2D eigenvalue weighted by Gasteiger charge is 2.21. The van der Waals surface area contributed by atoms with Crippen LogP contribution < -0.4 is 5.32 Å². The number of nitrogens with one attached hydrogen (secondary N) is 1. The minimum Gasteiger partial charge on any atom is -0.316 e. The van der Waals surface area contributed by atoms with Crippen LogP contribution in [0.1, 0.15) is 47.0 Å². The molecule has 0 bridgehead atoms. The summed E-state index contributed by atoms with van der Waals surface area (Å²) < 4.78 is 0. The van der Waals surface area contributed by atoms with Gasteiger partial charge in [0.25, 0.3) is 0 Å². The zero-order valence-electron chi connectivity index (χ0n) is 12.3. The molecule has 1 atom stereocenters. The highest BCUT2D eigenvalue weighted by molar-refractivity contribution is 4.77. The first-order valence-corrected chi connectivity index (χ1v) is 7.51. The van der Waals surface area contributed by atoms with Gasteiger partial charge >= 0.3 is 0 Å². The van der Waals surface area contributed by atoms with E-state index in [4.69, 9.17) is 0 Å². The Morgan fingerprint density at radius 2 is 1.94 bits per heavy atom. The van der Waals surface area contributed by atoms with Crippen LogP contribution in [0.5, 0.6) is 0 Å². The Balaban J connectivity index is 2.02. The van der Waals surface area contributed by atoms with Crippen molar-refractivity contribution in [3.05, 3.63) is 0 Å². The summed E-state index contributed by atoms with van der Waals surface area (Å²) in [6.07, 6.45) is 4.16. The predicted molar refractivity (Wildman–Crippen MR) is 76.3 cm³/mol. The summed E-state index contributed by atoms with van der Waals surface area (Å²) in [6.45, 7) is 15.6. The third-order valence-electron chi connectivity index (χ3n) is 3.61. The van der Waals surface area contributed by atoms with E-state index in [9.17, 15) is 0 Å². The van der Waals surface area contributed by atoms with Gasteiger partial charge in [0, 0.05) is 6.54 Å². The zero-order chi connectivity index (χ0) is 12.7. The largest absolute Gasteiger partial charge is 0.316 e. The van der Waals surface area contributed by atoms with E-state index in [1.807, 2.05) is 0 Å². The van der Waals surface area contributed by atoms with Gasteiger partial charge in [0.15, 0.2) is 0 Å². The monoisotopic (exact) mass is 240 g/mol. The zero-order valence-corrected chi connectivity index (χ0v) is 12.3. The van der Waals surface area contributed by atoms with Crippen molar-refractivity contribution in [2.24, 2.45) is 17.8 Å². The van der Waals surface area contributed by atoms with E-state index in [0.29, 0.717) is 0 Å². The topological polar surface area (TPSA) is 15.3 Å². The Hall–Kier alpha value is -0.0800. The molecule has 1 heterocycles. The number of nitrogens with zero attached hydrogens (tertiary/aromatic N) is 1. The molecule has 0 aliphatic carbocycles. The van der Waals surface area contributed by atoms with Gasteiger partial charge in [0.05, 0.1) is 0 Å². The van der Waals surface area contributed by atoms with Crippen molar-refractivity contribution < 1.29 is 0 Å². The molecule has 1 fully saturated rings. The lowest BCUT2D eigenvalue weighted by molar-refractivity contribution is 0.306.